The topological polar surface area (TPSA) is 36.4 Å². The van der Waals surface area contributed by atoms with Crippen LogP contribution < -0.4 is 4.90 Å². The van der Waals surface area contributed by atoms with E-state index in [2.05, 4.69) is 28.9 Å². The summed E-state index contributed by atoms with van der Waals surface area (Å²) in [5.41, 5.74) is 0.903. The minimum atomic E-state index is 0.242. The van der Waals surface area contributed by atoms with Gasteiger partial charge in [-0.2, -0.15) is 0 Å². The summed E-state index contributed by atoms with van der Waals surface area (Å²) in [7, 11) is 6.27. The van der Waals surface area contributed by atoms with Gasteiger partial charge in [0.25, 0.3) is 0 Å². The minimum Gasteiger partial charge on any atom is -0.357 e. The summed E-state index contributed by atoms with van der Waals surface area (Å²) in [4.78, 5) is 19.8. The predicted molar refractivity (Wildman–Crippen MR) is 73.2 cm³/mol. The highest BCUT2D eigenvalue weighted by atomic mass is 16.1. The van der Waals surface area contributed by atoms with Crippen molar-refractivity contribution in [2.45, 2.75) is 24.8 Å². The molecule has 0 unspecified atom stereocenters. The number of likely N-dealkylation sites (N-methyl/N-ethyl adjacent to an activating group) is 2. The molecule has 0 spiro atoms. The molecule has 0 bridgehead atoms. The van der Waals surface area contributed by atoms with E-state index in [1.54, 1.807) is 12.3 Å². The van der Waals surface area contributed by atoms with Gasteiger partial charge in [-0.1, -0.05) is 0 Å². The number of aromatic nitrogens is 1. The van der Waals surface area contributed by atoms with Crippen LogP contribution in [0.5, 0.6) is 0 Å². The average molecular weight is 247 g/mol. The van der Waals surface area contributed by atoms with E-state index in [4.69, 9.17) is 0 Å². The molecule has 0 amide bonds. The smallest absolute Gasteiger partial charge is 0.153 e. The van der Waals surface area contributed by atoms with Crippen LogP contribution in [0.2, 0.25) is 0 Å². The molecule has 1 saturated carbocycles. The van der Waals surface area contributed by atoms with Crippen molar-refractivity contribution in [1.82, 2.24) is 9.88 Å². The molecule has 0 radical (unpaired) electrons. The number of rotatable bonds is 5. The highest BCUT2D eigenvalue weighted by molar-refractivity contribution is 5.82. The van der Waals surface area contributed by atoms with E-state index in [1.807, 2.05) is 13.1 Å². The summed E-state index contributed by atoms with van der Waals surface area (Å²) in [6, 6.07) is 3.61. The van der Waals surface area contributed by atoms with Crippen LogP contribution in [0, 0.1) is 0 Å². The molecule has 18 heavy (non-hydrogen) atoms. The summed E-state index contributed by atoms with van der Waals surface area (Å²) in [6.45, 7) is 0.915. The maximum Gasteiger partial charge on any atom is 0.153 e. The highest BCUT2D eigenvalue weighted by Gasteiger charge is 2.40. The Bertz CT molecular complexity index is 427. The number of hydrogen-bond donors (Lipinski definition) is 0. The van der Waals surface area contributed by atoms with Gasteiger partial charge in [0, 0.05) is 25.3 Å². The molecule has 0 aliphatic heterocycles. The van der Waals surface area contributed by atoms with E-state index in [0.29, 0.717) is 5.56 Å². The Labute approximate surface area is 109 Å². The van der Waals surface area contributed by atoms with Crippen LogP contribution in [0.1, 0.15) is 29.6 Å². The Morgan fingerprint density at radius 3 is 2.61 bits per heavy atom. The summed E-state index contributed by atoms with van der Waals surface area (Å²) in [5.74, 6) is 0.778. The SMILES string of the molecule is CN(CC1(N(C)C)CCC1)c1ncccc1C=O. The fraction of sp³-hybridized carbons (Fsp3) is 0.571. The molecule has 1 heterocycles. The van der Waals surface area contributed by atoms with Crippen LogP contribution in [-0.4, -0.2) is 49.4 Å². The van der Waals surface area contributed by atoms with E-state index in [0.717, 1.165) is 18.6 Å². The summed E-state index contributed by atoms with van der Waals surface area (Å²) < 4.78 is 0. The second kappa shape index (κ2) is 5.06. The van der Waals surface area contributed by atoms with Gasteiger partial charge in [0.2, 0.25) is 0 Å². The van der Waals surface area contributed by atoms with Crippen molar-refractivity contribution in [3.8, 4) is 0 Å². The van der Waals surface area contributed by atoms with Crippen LogP contribution in [-0.2, 0) is 0 Å². The number of carbonyl (C=O) groups is 1. The Morgan fingerprint density at radius 1 is 1.39 bits per heavy atom. The molecule has 4 nitrogen and oxygen atoms in total. The molecule has 2 rings (SSSR count). The summed E-state index contributed by atoms with van der Waals surface area (Å²) in [5, 5.41) is 0. The second-order valence-electron chi connectivity index (χ2n) is 5.36. The Balaban J connectivity index is 2.16. The fourth-order valence-electron chi connectivity index (χ4n) is 2.67. The van der Waals surface area contributed by atoms with Gasteiger partial charge in [-0.05, 0) is 45.5 Å². The van der Waals surface area contributed by atoms with Gasteiger partial charge in [-0.3, -0.25) is 4.79 Å². The Morgan fingerprint density at radius 2 is 2.11 bits per heavy atom. The summed E-state index contributed by atoms with van der Waals surface area (Å²) in [6.07, 6.45) is 6.33. The fourth-order valence-corrected chi connectivity index (χ4v) is 2.67. The normalized spacial score (nSPS) is 17.3. The molecule has 1 aromatic rings. The first kappa shape index (κ1) is 13.0. The van der Waals surface area contributed by atoms with Gasteiger partial charge in [0.1, 0.15) is 5.82 Å². The number of carbonyl (C=O) groups excluding carboxylic acids is 1. The number of nitrogens with zero attached hydrogens (tertiary/aromatic N) is 3. The van der Waals surface area contributed by atoms with Crippen molar-refractivity contribution >= 4 is 12.1 Å². The first-order chi connectivity index (χ1) is 8.59. The molecule has 1 fully saturated rings. The summed E-state index contributed by atoms with van der Waals surface area (Å²) >= 11 is 0. The lowest BCUT2D eigenvalue weighted by Gasteiger charge is -2.49. The molecule has 0 saturated heterocycles. The van der Waals surface area contributed by atoms with E-state index in [1.165, 1.54) is 19.3 Å². The molecule has 0 aromatic carbocycles. The zero-order valence-electron chi connectivity index (χ0n) is 11.4. The number of hydrogen-bond acceptors (Lipinski definition) is 4. The van der Waals surface area contributed by atoms with Crippen molar-refractivity contribution in [2.24, 2.45) is 0 Å². The molecule has 0 atom stereocenters. The molecule has 0 N–H and O–H groups in total. The Kier molecular flexibility index (Phi) is 3.66. The lowest BCUT2D eigenvalue weighted by Crippen LogP contribution is -2.57. The molecule has 1 aliphatic carbocycles. The first-order valence-corrected chi connectivity index (χ1v) is 6.38. The molecule has 1 aromatic heterocycles. The van der Waals surface area contributed by atoms with Crippen LogP contribution in [0.15, 0.2) is 18.3 Å². The van der Waals surface area contributed by atoms with Crippen molar-refractivity contribution in [2.75, 3.05) is 32.6 Å². The maximum atomic E-state index is 11.0. The van der Waals surface area contributed by atoms with E-state index < -0.39 is 0 Å². The zero-order valence-corrected chi connectivity index (χ0v) is 11.4. The lowest BCUT2D eigenvalue weighted by molar-refractivity contribution is 0.0681. The quantitative estimate of drug-likeness (QED) is 0.744. The number of aldehydes is 1. The predicted octanol–water partition coefficient (Wildman–Crippen LogP) is 1.81. The monoisotopic (exact) mass is 247 g/mol. The zero-order chi connectivity index (χ0) is 13.2. The lowest BCUT2D eigenvalue weighted by atomic mass is 9.75. The number of anilines is 1. The van der Waals surface area contributed by atoms with E-state index in [9.17, 15) is 4.79 Å². The third kappa shape index (κ3) is 2.25. The van der Waals surface area contributed by atoms with Gasteiger partial charge < -0.3 is 9.80 Å². The van der Waals surface area contributed by atoms with Gasteiger partial charge in [-0.25, -0.2) is 4.98 Å². The second-order valence-corrected chi connectivity index (χ2v) is 5.36. The minimum absolute atomic E-state index is 0.242. The van der Waals surface area contributed by atoms with E-state index >= 15 is 0 Å². The van der Waals surface area contributed by atoms with Crippen LogP contribution in [0.4, 0.5) is 5.82 Å². The molecule has 98 valence electrons. The molecule has 1 aliphatic rings. The molecule has 4 heteroatoms. The van der Waals surface area contributed by atoms with Crippen LogP contribution in [0.25, 0.3) is 0 Å². The van der Waals surface area contributed by atoms with Crippen LogP contribution >= 0.6 is 0 Å². The molecular weight excluding hydrogens is 226 g/mol. The standard InChI is InChI=1S/C14H21N3O/c1-16(2)14(7-5-8-14)11-17(3)13-12(10-18)6-4-9-15-13/h4,6,9-10H,5,7-8,11H2,1-3H3. The third-order valence-corrected chi connectivity index (χ3v) is 4.07. The van der Waals surface area contributed by atoms with Gasteiger partial charge in [0.05, 0.1) is 5.56 Å². The van der Waals surface area contributed by atoms with E-state index in [-0.39, 0.29) is 5.54 Å². The average Bonchev–Trinajstić information content (AvgIpc) is 2.33. The number of pyridine rings is 1. The first-order valence-electron chi connectivity index (χ1n) is 6.38. The molecular formula is C14H21N3O. The van der Waals surface area contributed by atoms with Crippen molar-refractivity contribution in [3.63, 3.8) is 0 Å². The van der Waals surface area contributed by atoms with Crippen molar-refractivity contribution < 1.29 is 4.79 Å². The van der Waals surface area contributed by atoms with Gasteiger partial charge in [-0.15, -0.1) is 0 Å². The third-order valence-electron chi connectivity index (χ3n) is 4.07. The maximum absolute atomic E-state index is 11.0. The Hall–Kier alpha value is -1.42. The largest absolute Gasteiger partial charge is 0.357 e. The van der Waals surface area contributed by atoms with Gasteiger partial charge in [0.15, 0.2) is 6.29 Å². The van der Waals surface area contributed by atoms with Crippen molar-refractivity contribution in [3.05, 3.63) is 23.9 Å². The van der Waals surface area contributed by atoms with Crippen molar-refractivity contribution in [1.29, 1.82) is 0 Å². The van der Waals surface area contributed by atoms with Gasteiger partial charge >= 0.3 is 0 Å². The van der Waals surface area contributed by atoms with Crippen LogP contribution in [0.3, 0.4) is 0 Å². The highest BCUT2D eigenvalue weighted by Crippen LogP contribution is 2.37.